The fourth-order valence-electron chi connectivity index (χ4n) is 1.60. The first kappa shape index (κ1) is 14.6. The third-order valence-corrected chi connectivity index (χ3v) is 3.64. The van der Waals surface area contributed by atoms with Crippen LogP contribution in [0.25, 0.3) is 0 Å². The molecule has 2 aromatic rings. The van der Waals surface area contributed by atoms with E-state index in [9.17, 15) is 9.18 Å². The number of carbonyl (C=O) groups excluding carboxylic acids is 1. The molecule has 1 N–H and O–H groups in total. The Bertz CT molecular complexity index is 529. The summed E-state index contributed by atoms with van der Waals surface area (Å²) < 4.78 is 17.4. The first-order valence-corrected chi connectivity index (χ1v) is 7.26. The van der Waals surface area contributed by atoms with Gasteiger partial charge in [0, 0.05) is 17.0 Å². The molecule has 1 aromatic heterocycles. The number of aromatic nitrogens is 1. The number of rotatable bonds is 7. The number of thioether (sulfide) groups is 1. The van der Waals surface area contributed by atoms with Crippen LogP contribution in [0.5, 0.6) is 0 Å². The van der Waals surface area contributed by atoms with Gasteiger partial charge >= 0.3 is 0 Å². The zero-order valence-electron chi connectivity index (χ0n) is 10.8. The average Bonchev–Trinajstić information content (AvgIpc) is 2.96. The van der Waals surface area contributed by atoms with Crippen molar-refractivity contribution in [2.24, 2.45) is 0 Å². The van der Waals surface area contributed by atoms with Crippen LogP contribution >= 0.6 is 11.8 Å². The van der Waals surface area contributed by atoms with E-state index in [0.717, 1.165) is 23.3 Å². The Kier molecular flexibility index (Phi) is 5.61. The Hall–Kier alpha value is -1.82. The largest absolute Gasteiger partial charge is 0.364 e. The van der Waals surface area contributed by atoms with Crippen LogP contribution in [-0.2, 0) is 11.2 Å². The van der Waals surface area contributed by atoms with Crippen molar-refractivity contribution in [3.8, 4) is 0 Å². The maximum Gasteiger partial charge on any atom is 0.230 e. The van der Waals surface area contributed by atoms with Gasteiger partial charge in [0.1, 0.15) is 12.1 Å². The molecular formula is C14H15FN2O2S. The van der Waals surface area contributed by atoms with Crippen molar-refractivity contribution in [1.82, 2.24) is 10.5 Å². The first-order chi connectivity index (χ1) is 9.74. The molecular weight excluding hydrogens is 279 g/mol. The topological polar surface area (TPSA) is 55.1 Å². The quantitative estimate of drug-likeness (QED) is 0.630. The van der Waals surface area contributed by atoms with Crippen molar-refractivity contribution < 1.29 is 13.7 Å². The van der Waals surface area contributed by atoms with Gasteiger partial charge in [-0.1, -0.05) is 5.16 Å². The second-order valence-corrected chi connectivity index (χ2v) is 5.28. The van der Waals surface area contributed by atoms with Crippen LogP contribution in [0.2, 0.25) is 0 Å². The molecule has 2 rings (SSSR count). The standard InChI is InChI=1S/C14H15FN2O2S/c15-12-3-5-13(6-4-12)20-10-14(18)16-7-1-2-11-8-17-19-9-11/h3-6,8-9H,1-2,7,10H2,(H,16,18). The maximum absolute atomic E-state index is 12.7. The summed E-state index contributed by atoms with van der Waals surface area (Å²) in [5.74, 6) is 0.0380. The highest BCUT2D eigenvalue weighted by Gasteiger charge is 2.03. The van der Waals surface area contributed by atoms with E-state index in [0.29, 0.717) is 12.3 Å². The van der Waals surface area contributed by atoms with Gasteiger partial charge in [-0.15, -0.1) is 11.8 Å². The van der Waals surface area contributed by atoms with Gasteiger partial charge in [-0.05, 0) is 37.1 Å². The van der Waals surface area contributed by atoms with Crippen molar-refractivity contribution in [3.63, 3.8) is 0 Å². The van der Waals surface area contributed by atoms with Gasteiger partial charge in [0.2, 0.25) is 5.91 Å². The summed E-state index contributed by atoms with van der Waals surface area (Å²) >= 11 is 1.39. The molecule has 0 saturated carbocycles. The van der Waals surface area contributed by atoms with Crippen LogP contribution in [0.4, 0.5) is 4.39 Å². The zero-order valence-corrected chi connectivity index (χ0v) is 11.7. The number of amides is 1. The highest BCUT2D eigenvalue weighted by atomic mass is 32.2. The molecule has 0 saturated heterocycles. The molecule has 0 radical (unpaired) electrons. The minimum Gasteiger partial charge on any atom is -0.364 e. The zero-order chi connectivity index (χ0) is 14.2. The smallest absolute Gasteiger partial charge is 0.230 e. The van der Waals surface area contributed by atoms with Crippen LogP contribution in [0.15, 0.2) is 46.1 Å². The van der Waals surface area contributed by atoms with Crippen molar-refractivity contribution in [1.29, 1.82) is 0 Å². The molecule has 0 unspecified atom stereocenters. The lowest BCUT2D eigenvalue weighted by molar-refractivity contribution is -0.118. The molecule has 6 heteroatoms. The number of hydrogen-bond acceptors (Lipinski definition) is 4. The molecule has 0 aliphatic carbocycles. The second kappa shape index (κ2) is 7.69. The molecule has 1 aromatic carbocycles. The second-order valence-electron chi connectivity index (χ2n) is 4.23. The van der Waals surface area contributed by atoms with Crippen LogP contribution in [0.3, 0.4) is 0 Å². The Morgan fingerprint density at radius 1 is 1.35 bits per heavy atom. The molecule has 1 heterocycles. The summed E-state index contributed by atoms with van der Waals surface area (Å²) in [6, 6.07) is 6.11. The van der Waals surface area contributed by atoms with Gasteiger partial charge in [-0.3, -0.25) is 4.79 Å². The van der Waals surface area contributed by atoms with Crippen LogP contribution in [0.1, 0.15) is 12.0 Å². The summed E-state index contributed by atoms with van der Waals surface area (Å²) in [7, 11) is 0. The lowest BCUT2D eigenvalue weighted by Crippen LogP contribution is -2.26. The Balaban J connectivity index is 1.59. The molecule has 0 fully saturated rings. The molecule has 20 heavy (non-hydrogen) atoms. The van der Waals surface area contributed by atoms with Crippen molar-refractivity contribution >= 4 is 17.7 Å². The van der Waals surface area contributed by atoms with E-state index in [4.69, 9.17) is 4.52 Å². The van der Waals surface area contributed by atoms with Gasteiger partial charge in [-0.25, -0.2) is 4.39 Å². The summed E-state index contributed by atoms with van der Waals surface area (Å²) in [6.45, 7) is 0.619. The van der Waals surface area contributed by atoms with E-state index in [1.807, 2.05) is 0 Å². The number of benzene rings is 1. The average molecular weight is 294 g/mol. The van der Waals surface area contributed by atoms with Crippen molar-refractivity contribution in [2.75, 3.05) is 12.3 Å². The minimum absolute atomic E-state index is 0.0235. The highest BCUT2D eigenvalue weighted by Crippen LogP contribution is 2.17. The van der Waals surface area contributed by atoms with E-state index in [1.54, 1.807) is 24.6 Å². The Morgan fingerprint density at radius 2 is 2.15 bits per heavy atom. The van der Waals surface area contributed by atoms with Gasteiger partial charge in [0.15, 0.2) is 0 Å². The maximum atomic E-state index is 12.7. The van der Waals surface area contributed by atoms with Gasteiger partial charge in [0.25, 0.3) is 0 Å². The van der Waals surface area contributed by atoms with Crippen LogP contribution < -0.4 is 5.32 Å². The molecule has 0 spiro atoms. The number of nitrogens with zero attached hydrogens (tertiary/aromatic N) is 1. The molecule has 106 valence electrons. The molecule has 0 aliphatic heterocycles. The van der Waals surface area contributed by atoms with E-state index in [-0.39, 0.29) is 11.7 Å². The summed E-state index contributed by atoms with van der Waals surface area (Å²) in [5, 5.41) is 6.45. The van der Waals surface area contributed by atoms with E-state index >= 15 is 0 Å². The number of nitrogens with one attached hydrogen (secondary N) is 1. The number of halogens is 1. The summed E-state index contributed by atoms with van der Waals surface area (Å²) in [6.07, 6.45) is 4.95. The van der Waals surface area contributed by atoms with Gasteiger partial charge in [-0.2, -0.15) is 0 Å². The highest BCUT2D eigenvalue weighted by molar-refractivity contribution is 8.00. The normalized spacial score (nSPS) is 10.4. The molecule has 1 amide bonds. The van der Waals surface area contributed by atoms with E-state index in [1.165, 1.54) is 23.9 Å². The first-order valence-electron chi connectivity index (χ1n) is 6.27. The molecule has 0 atom stereocenters. The fourth-order valence-corrected chi connectivity index (χ4v) is 2.33. The Labute approximate surface area is 120 Å². The lowest BCUT2D eigenvalue weighted by atomic mass is 10.2. The Morgan fingerprint density at radius 3 is 2.85 bits per heavy atom. The van der Waals surface area contributed by atoms with Gasteiger partial charge < -0.3 is 9.84 Å². The van der Waals surface area contributed by atoms with E-state index in [2.05, 4.69) is 10.5 Å². The summed E-state index contributed by atoms with van der Waals surface area (Å²) in [5.41, 5.74) is 1.03. The van der Waals surface area contributed by atoms with Crippen molar-refractivity contribution in [3.05, 3.63) is 48.1 Å². The third-order valence-electron chi connectivity index (χ3n) is 2.63. The lowest BCUT2D eigenvalue weighted by Gasteiger charge is -2.04. The number of aryl methyl sites for hydroxylation is 1. The number of carbonyl (C=O) groups is 1. The SMILES string of the molecule is O=C(CSc1ccc(F)cc1)NCCCc1cnoc1. The molecule has 0 bridgehead atoms. The third kappa shape index (κ3) is 5.05. The van der Waals surface area contributed by atoms with E-state index < -0.39 is 0 Å². The van der Waals surface area contributed by atoms with Gasteiger partial charge in [0.05, 0.1) is 11.9 Å². The molecule has 0 aliphatic rings. The molecule has 4 nitrogen and oxygen atoms in total. The predicted octanol–water partition coefficient (Wildman–Crippen LogP) is 2.65. The summed E-state index contributed by atoms with van der Waals surface area (Å²) in [4.78, 5) is 12.5. The van der Waals surface area contributed by atoms with Crippen molar-refractivity contribution in [2.45, 2.75) is 17.7 Å². The monoisotopic (exact) mass is 294 g/mol. The fraction of sp³-hybridized carbons (Fsp3) is 0.286. The predicted molar refractivity (Wildman–Crippen MR) is 75.0 cm³/mol. The number of hydrogen-bond donors (Lipinski definition) is 1. The van der Waals surface area contributed by atoms with Crippen LogP contribution in [0, 0.1) is 5.82 Å². The van der Waals surface area contributed by atoms with Crippen LogP contribution in [-0.4, -0.2) is 23.4 Å². The minimum atomic E-state index is -0.271.